The maximum atomic E-state index is 12.0. The van der Waals surface area contributed by atoms with E-state index in [0.29, 0.717) is 22.9 Å². The Balaban J connectivity index is 1.63. The molecular formula is C20H18ClNO4. The zero-order valence-corrected chi connectivity index (χ0v) is 15.0. The van der Waals surface area contributed by atoms with E-state index in [-0.39, 0.29) is 12.5 Å². The smallest absolute Gasteiger partial charge is 0.336 e. The SMILES string of the molecule is CCc1cc(=O)oc2cc(OCC(=O)NCc3ccccc3Cl)ccc12. The summed E-state index contributed by atoms with van der Waals surface area (Å²) in [4.78, 5) is 23.6. The Hall–Kier alpha value is -2.79. The van der Waals surface area contributed by atoms with Crippen molar-refractivity contribution in [1.29, 1.82) is 0 Å². The van der Waals surface area contributed by atoms with Gasteiger partial charge in [-0.1, -0.05) is 36.7 Å². The zero-order valence-electron chi connectivity index (χ0n) is 14.3. The average molecular weight is 372 g/mol. The predicted molar refractivity (Wildman–Crippen MR) is 101 cm³/mol. The molecule has 1 amide bonds. The van der Waals surface area contributed by atoms with E-state index >= 15 is 0 Å². The fourth-order valence-corrected chi connectivity index (χ4v) is 2.83. The number of carbonyl (C=O) groups is 1. The summed E-state index contributed by atoms with van der Waals surface area (Å²) in [6.45, 7) is 2.16. The van der Waals surface area contributed by atoms with Crippen molar-refractivity contribution in [2.45, 2.75) is 19.9 Å². The van der Waals surface area contributed by atoms with Crippen molar-refractivity contribution < 1.29 is 13.9 Å². The molecule has 5 nitrogen and oxygen atoms in total. The molecule has 0 aliphatic carbocycles. The fraction of sp³-hybridized carbons (Fsp3) is 0.200. The number of hydrogen-bond acceptors (Lipinski definition) is 4. The van der Waals surface area contributed by atoms with Gasteiger partial charge in [0.2, 0.25) is 0 Å². The molecule has 134 valence electrons. The molecule has 3 aromatic rings. The minimum absolute atomic E-state index is 0.145. The molecule has 1 N–H and O–H groups in total. The van der Waals surface area contributed by atoms with Gasteiger partial charge >= 0.3 is 5.63 Å². The van der Waals surface area contributed by atoms with Crippen molar-refractivity contribution in [3.8, 4) is 5.75 Å². The van der Waals surface area contributed by atoms with Gasteiger partial charge in [-0.25, -0.2) is 4.79 Å². The Morgan fingerprint density at radius 1 is 1.15 bits per heavy atom. The third-order valence-electron chi connectivity index (χ3n) is 3.99. The summed E-state index contributed by atoms with van der Waals surface area (Å²) in [5.74, 6) is 0.190. The minimum atomic E-state index is -0.399. The van der Waals surface area contributed by atoms with Crippen LogP contribution in [-0.2, 0) is 17.8 Å². The second-order valence-corrected chi connectivity index (χ2v) is 6.17. The number of fused-ring (bicyclic) bond motifs is 1. The first kappa shape index (κ1) is 18.0. The largest absolute Gasteiger partial charge is 0.484 e. The van der Waals surface area contributed by atoms with E-state index < -0.39 is 5.63 Å². The molecule has 3 rings (SSSR count). The van der Waals surface area contributed by atoms with Gasteiger partial charge < -0.3 is 14.5 Å². The van der Waals surface area contributed by atoms with Crippen LogP contribution in [0, 0.1) is 0 Å². The number of nitrogens with one attached hydrogen (secondary N) is 1. The number of aryl methyl sites for hydroxylation is 1. The molecule has 1 heterocycles. The predicted octanol–water partition coefficient (Wildman–Crippen LogP) is 3.70. The van der Waals surface area contributed by atoms with Gasteiger partial charge in [-0.05, 0) is 35.7 Å². The van der Waals surface area contributed by atoms with Crippen molar-refractivity contribution in [3.05, 3.63) is 75.1 Å². The summed E-state index contributed by atoms with van der Waals surface area (Å²) in [5, 5.41) is 4.22. The highest BCUT2D eigenvalue weighted by atomic mass is 35.5. The summed E-state index contributed by atoms with van der Waals surface area (Å²) < 4.78 is 10.7. The Morgan fingerprint density at radius 2 is 1.96 bits per heavy atom. The Bertz CT molecular complexity index is 997. The average Bonchev–Trinajstić information content (AvgIpc) is 2.64. The molecule has 0 aliphatic heterocycles. The minimum Gasteiger partial charge on any atom is -0.484 e. The zero-order chi connectivity index (χ0) is 18.5. The van der Waals surface area contributed by atoms with E-state index in [0.717, 1.165) is 22.9 Å². The maximum absolute atomic E-state index is 12.0. The molecular weight excluding hydrogens is 354 g/mol. The summed E-state index contributed by atoms with van der Waals surface area (Å²) in [6.07, 6.45) is 0.729. The van der Waals surface area contributed by atoms with E-state index in [2.05, 4.69) is 5.32 Å². The second-order valence-electron chi connectivity index (χ2n) is 5.76. The van der Waals surface area contributed by atoms with Gasteiger partial charge in [0.05, 0.1) is 0 Å². The van der Waals surface area contributed by atoms with E-state index in [1.807, 2.05) is 31.2 Å². The van der Waals surface area contributed by atoms with Crippen LogP contribution in [0.25, 0.3) is 11.0 Å². The topological polar surface area (TPSA) is 68.5 Å². The number of carbonyl (C=O) groups excluding carboxylic acids is 1. The molecule has 0 saturated heterocycles. The van der Waals surface area contributed by atoms with Gasteiger partial charge in [0, 0.05) is 29.1 Å². The molecule has 6 heteroatoms. The van der Waals surface area contributed by atoms with E-state index in [9.17, 15) is 9.59 Å². The molecule has 0 radical (unpaired) electrons. The Labute approximate surface area is 155 Å². The van der Waals surface area contributed by atoms with Crippen molar-refractivity contribution in [2.75, 3.05) is 6.61 Å². The van der Waals surface area contributed by atoms with Crippen LogP contribution in [-0.4, -0.2) is 12.5 Å². The lowest BCUT2D eigenvalue weighted by atomic mass is 10.1. The van der Waals surface area contributed by atoms with Gasteiger partial charge in [-0.2, -0.15) is 0 Å². The summed E-state index contributed by atoms with van der Waals surface area (Å²) >= 11 is 6.06. The van der Waals surface area contributed by atoms with Gasteiger partial charge in [-0.15, -0.1) is 0 Å². The van der Waals surface area contributed by atoms with E-state index in [1.165, 1.54) is 6.07 Å². The first-order valence-corrected chi connectivity index (χ1v) is 8.64. The first-order chi connectivity index (χ1) is 12.6. The van der Waals surface area contributed by atoms with Crippen molar-refractivity contribution in [1.82, 2.24) is 5.32 Å². The summed E-state index contributed by atoms with van der Waals surface area (Å²) in [7, 11) is 0. The van der Waals surface area contributed by atoms with E-state index in [4.69, 9.17) is 20.8 Å². The number of benzene rings is 2. The van der Waals surface area contributed by atoms with Crippen LogP contribution in [0.3, 0.4) is 0 Å². The quantitative estimate of drug-likeness (QED) is 0.671. The molecule has 0 aliphatic rings. The van der Waals surface area contributed by atoms with Crippen molar-refractivity contribution >= 4 is 28.5 Å². The highest BCUT2D eigenvalue weighted by Crippen LogP contribution is 2.23. The summed E-state index contributed by atoms with van der Waals surface area (Å²) in [5.41, 5.74) is 1.80. The molecule has 0 unspecified atom stereocenters. The first-order valence-electron chi connectivity index (χ1n) is 8.26. The molecule has 0 bridgehead atoms. The molecule has 1 aromatic heterocycles. The number of hydrogen-bond donors (Lipinski definition) is 1. The van der Waals surface area contributed by atoms with Gasteiger partial charge in [-0.3, -0.25) is 4.79 Å². The lowest BCUT2D eigenvalue weighted by Crippen LogP contribution is -2.28. The normalized spacial score (nSPS) is 10.7. The molecule has 0 spiro atoms. The lowest BCUT2D eigenvalue weighted by molar-refractivity contribution is -0.123. The number of ether oxygens (including phenoxy) is 1. The van der Waals surface area contributed by atoms with Gasteiger partial charge in [0.1, 0.15) is 11.3 Å². The Kier molecular flexibility index (Phi) is 5.58. The second kappa shape index (κ2) is 8.06. The van der Waals surface area contributed by atoms with Crippen LogP contribution in [0.1, 0.15) is 18.1 Å². The molecule has 0 fully saturated rings. The fourth-order valence-electron chi connectivity index (χ4n) is 2.63. The van der Waals surface area contributed by atoms with E-state index in [1.54, 1.807) is 18.2 Å². The maximum Gasteiger partial charge on any atom is 0.336 e. The number of rotatable bonds is 6. The monoisotopic (exact) mass is 371 g/mol. The number of amides is 1. The molecule has 2 aromatic carbocycles. The van der Waals surface area contributed by atoms with Crippen LogP contribution in [0.2, 0.25) is 5.02 Å². The van der Waals surface area contributed by atoms with Crippen LogP contribution in [0.5, 0.6) is 5.75 Å². The van der Waals surface area contributed by atoms with Crippen LogP contribution < -0.4 is 15.7 Å². The Morgan fingerprint density at radius 3 is 2.73 bits per heavy atom. The van der Waals surface area contributed by atoms with Gasteiger partial charge in [0.25, 0.3) is 5.91 Å². The van der Waals surface area contributed by atoms with Crippen LogP contribution >= 0.6 is 11.6 Å². The molecule has 0 saturated carbocycles. The van der Waals surface area contributed by atoms with Crippen LogP contribution in [0.4, 0.5) is 0 Å². The van der Waals surface area contributed by atoms with Crippen LogP contribution in [0.15, 0.2) is 57.7 Å². The summed E-state index contributed by atoms with van der Waals surface area (Å²) in [6, 6.07) is 14.0. The van der Waals surface area contributed by atoms with Crippen molar-refractivity contribution in [2.24, 2.45) is 0 Å². The molecule has 26 heavy (non-hydrogen) atoms. The van der Waals surface area contributed by atoms with Crippen molar-refractivity contribution in [3.63, 3.8) is 0 Å². The highest BCUT2D eigenvalue weighted by Gasteiger charge is 2.08. The highest BCUT2D eigenvalue weighted by molar-refractivity contribution is 6.31. The third-order valence-corrected chi connectivity index (χ3v) is 4.36. The number of halogens is 1. The standard InChI is InChI=1S/C20H18ClNO4/c1-2-13-9-20(24)26-18-10-15(7-8-16(13)18)25-12-19(23)22-11-14-5-3-4-6-17(14)21/h3-10H,2,11-12H2,1H3,(H,22,23). The third kappa shape index (κ3) is 4.24. The molecule has 0 atom stereocenters. The van der Waals surface area contributed by atoms with Gasteiger partial charge in [0.15, 0.2) is 6.61 Å². The lowest BCUT2D eigenvalue weighted by Gasteiger charge is -2.09.